The molecule has 3 fully saturated rings. The lowest BCUT2D eigenvalue weighted by molar-refractivity contribution is -0.162. The van der Waals surface area contributed by atoms with Gasteiger partial charge in [0.2, 0.25) is 0 Å². The summed E-state index contributed by atoms with van der Waals surface area (Å²) in [6, 6.07) is 5.68. The number of ketones is 1. The van der Waals surface area contributed by atoms with E-state index in [9.17, 15) is 32.7 Å². The zero-order valence-corrected chi connectivity index (χ0v) is 23.5. The van der Waals surface area contributed by atoms with Crippen molar-refractivity contribution in [3.05, 3.63) is 57.3 Å². The van der Waals surface area contributed by atoms with E-state index in [1.54, 1.807) is 6.07 Å². The van der Waals surface area contributed by atoms with Gasteiger partial charge in [-0.1, -0.05) is 50.0 Å². The largest absolute Gasteiger partial charge is 0.481 e. The van der Waals surface area contributed by atoms with Gasteiger partial charge < -0.3 is 14.6 Å². The summed E-state index contributed by atoms with van der Waals surface area (Å²) >= 11 is 12.4. The minimum absolute atomic E-state index is 0.00590. The molecule has 0 unspecified atom stereocenters. The van der Waals surface area contributed by atoms with E-state index in [0.717, 1.165) is 15.5 Å². The number of carboxylic acid groups (broad SMARTS) is 1. The number of fused-ring (bicyclic) bond motifs is 3. The van der Waals surface area contributed by atoms with Crippen LogP contribution in [0.25, 0.3) is 0 Å². The third-order valence-electron chi connectivity index (χ3n) is 8.09. The van der Waals surface area contributed by atoms with Gasteiger partial charge in [-0.2, -0.15) is 13.2 Å². The summed E-state index contributed by atoms with van der Waals surface area (Å²) in [6.45, 7) is 4.94. The van der Waals surface area contributed by atoms with Crippen LogP contribution in [0.15, 0.2) is 30.5 Å². The molecule has 0 atom stereocenters. The Kier molecular flexibility index (Phi) is 7.66. The molecule has 39 heavy (non-hydrogen) atoms. The zero-order valence-electron chi connectivity index (χ0n) is 22.0. The lowest BCUT2D eigenvalue weighted by Gasteiger charge is -2.52. The first kappa shape index (κ1) is 29.5. The number of aliphatic carboxylic acids is 1. The summed E-state index contributed by atoms with van der Waals surface area (Å²) in [5.41, 5.74) is -3.95. The number of hydrogen-bond donors (Lipinski definition) is 1. The Morgan fingerprint density at radius 3 is 1.97 bits per heavy atom. The van der Waals surface area contributed by atoms with E-state index in [0.29, 0.717) is 0 Å². The molecule has 3 saturated carbocycles. The molecule has 1 aromatic carbocycles. The predicted molar refractivity (Wildman–Crippen MR) is 141 cm³/mol. The molecule has 0 spiro atoms. The maximum Gasteiger partial charge on any atom is 0.432 e. The maximum absolute atomic E-state index is 14.6. The first-order valence-electron chi connectivity index (χ1n) is 12.8. The van der Waals surface area contributed by atoms with Crippen LogP contribution in [-0.4, -0.2) is 45.3 Å². The number of Topliss-reactive ketones (excluding diaryl/α,β-unsaturated/α-hetero) is 1. The number of rotatable bonds is 7. The molecular formula is C28H31Cl2F3N2O4. The van der Waals surface area contributed by atoms with Crippen molar-refractivity contribution >= 4 is 40.9 Å². The van der Waals surface area contributed by atoms with Crippen molar-refractivity contribution in [3.8, 4) is 0 Å². The summed E-state index contributed by atoms with van der Waals surface area (Å²) in [5.74, 6) is -2.41. The van der Waals surface area contributed by atoms with Crippen molar-refractivity contribution in [2.75, 3.05) is 13.1 Å². The van der Waals surface area contributed by atoms with Crippen LogP contribution in [-0.2, 0) is 16.5 Å². The van der Waals surface area contributed by atoms with Crippen molar-refractivity contribution in [1.82, 2.24) is 9.47 Å². The minimum Gasteiger partial charge on any atom is -0.481 e. The summed E-state index contributed by atoms with van der Waals surface area (Å²) in [5, 5.41) is 9.86. The van der Waals surface area contributed by atoms with Crippen LogP contribution in [0.3, 0.4) is 0 Å². The maximum atomic E-state index is 14.6. The van der Waals surface area contributed by atoms with E-state index in [-0.39, 0.29) is 60.7 Å². The van der Waals surface area contributed by atoms with Crippen LogP contribution >= 0.6 is 23.2 Å². The third kappa shape index (κ3) is 5.57. The molecular weight excluding hydrogens is 556 g/mol. The number of carbonyl (C=O) groups is 3. The second-order valence-electron chi connectivity index (χ2n) is 12.0. The number of benzene rings is 1. The van der Waals surface area contributed by atoms with Crippen LogP contribution in [0.5, 0.6) is 0 Å². The summed E-state index contributed by atoms with van der Waals surface area (Å²) < 4.78 is 45.0. The van der Waals surface area contributed by atoms with Gasteiger partial charge in [0, 0.05) is 18.3 Å². The van der Waals surface area contributed by atoms with Crippen molar-refractivity contribution in [2.45, 2.75) is 71.0 Å². The normalized spacial score (nSPS) is 23.1. The molecule has 1 N–H and O–H groups in total. The Labute approximate surface area is 235 Å². The van der Waals surface area contributed by atoms with Crippen LogP contribution in [0.2, 0.25) is 10.0 Å². The van der Waals surface area contributed by atoms with E-state index in [1.165, 1.54) is 18.3 Å². The number of alkyl halides is 3. The molecule has 0 aliphatic heterocycles. The first-order valence-corrected chi connectivity index (χ1v) is 13.5. The number of amides is 1. The summed E-state index contributed by atoms with van der Waals surface area (Å²) in [4.78, 5) is 39.9. The van der Waals surface area contributed by atoms with E-state index >= 15 is 0 Å². The van der Waals surface area contributed by atoms with Gasteiger partial charge in [-0.05, 0) is 62.1 Å². The Balaban J connectivity index is 1.72. The van der Waals surface area contributed by atoms with Gasteiger partial charge in [0.1, 0.15) is 5.69 Å². The zero-order chi connectivity index (χ0) is 29.0. The van der Waals surface area contributed by atoms with Crippen LogP contribution < -0.4 is 0 Å². The van der Waals surface area contributed by atoms with E-state index in [1.807, 2.05) is 20.8 Å². The fourth-order valence-electron chi connectivity index (χ4n) is 6.10. The Hall–Kier alpha value is -2.52. The molecule has 6 nitrogen and oxygen atoms in total. The van der Waals surface area contributed by atoms with E-state index in [2.05, 4.69) is 0 Å². The predicted octanol–water partition coefficient (Wildman–Crippen LogP) is 7.32. The minimum atomic E-state index is -4.86. The van der Waals surface area contributed by atoms with E-state index < -0.39 is 58.0 Å². The fourth-order valence-corrected chi connectivity index (χ4v) is 6.70. The number of aromatic nitrogens is 1. The molecule has 0 radical (unpaired) electrons. The number of carbonyl (C=O) groups excluding carboxylic acids is 2. The standard InChI is InChI=1S/C28H31Cl2F3N2O4/c1-25(2,3)16-34(15-20(36)21-18(29)5-4-6-19(21)30)23(37)17-7-14-35(22(17)28(31,32)33)27-11-8-26(9-12-27,10-13-27)24(38)39/h4-7,14H,8-13,15-16H2,1-3H3,(H,38,39). The quantitative estimate of drug-likeness (QED) is 0.345. The fraction of sp³-hybridized carbons (Fsp3) is 0.536. The molecule has 1 aromatic heterocycles. The average molecular weight is 587 g/mol. The monoisotopic (exact) mass is 586 g/mol. The summed E-state index contributed by atoms with van der Waals surface area (Å²) in [6.07, 6.45) is -1.89. The Bertz CT molecular complexity index is 1270. The lowest BCUT2D eigenvalue weighted by Crippen LogP contribution is -2.51. The van der Waals surface area contributed by atoms with E-state index in [4.69, 9.17) is 23.2 Å². The Morgan fingerprint density at radius 1 is 0.974 bits per heavy atom. The molecule has 1 amide bonds. The highest BCUT2D eigenvalue weighted by Gasteiger charge is 2.55. The van der Waals surface area contributed by atoms with Gasteiger partial charge in [0.05, 0.1) is 33.1 Å². The molecule has 3 aliphatic carbocycles. The number of nitrogens with zero attached hydrogens (tertiary/aromatic N) is 2. The highest BCUT2D eigenvalue weighted by atomic mass is 35.5. The molecule has 5 rings (SSSR count). The second-order valence-corrected chi connectivity index (χ2v) is 12.8. The van der Waals surface area contributed by atoms with Gasteiger partial charge in [-0.15, -0.1) is 0 Å². The molecule has 1 heterocycles. The molecule has 11 heteroatoms. The van der Waals surface area contributed by atoms with Crippen molar-refractivity contribution < 1.29 is 32.7 Å². The van der Waals surface area contributed by atoms with Crippen molar-refractivity contribution in [2.24, 2.45) is 10.8 Å². The molecule has 0 saturated heterocycles. The average Bonchev–Trinajstić information content (AvgIpc) is 3.30. The van der Waals surface area contributed by atoms with Crippen molar-refractivity contribution in [1.29, 1.82) is 0 Å². The summed E-state index contributed by atoms with van der Waals surface area (Å²) in [7, 11) is 0. The molecule has 2 aromatic rings. The van der Waals surface area contributed by atoms with Crippen LogP contribution in [0.1, 0.15) is 85.7 Å². The van der Waals surface area contributed by atoms with Gasteiger partial charge in [-0.3, -0.25) is 14.4 Å². The van der Waals surface area contributed by atoms with Gasteiger partial charge in [-0.25, -0.2) is 0 Å². The Morgan fingerprint density at radius 2 is 1.51 bits per heavy atom. The topological polar surface area (TPSA) is 79.6 Å². The van der Waals surface area contributed by atoms with Crippen LogP contribution in [0.4, 0.5) is 13.2 Å². The molecule has 2 bridgehead atoms. The second kappa shape index (κ2) is 10.1. The van der Waals surface area contributed by atoms with Crippen LogP contribution in [0, 0.1) is 10.8 Å². The SMILES string of the molecule is CC(C)(C)CN(CC(=O)c1c(Cl)cccc1Cl)C(=O)c1ccn(C23CCC(C(=O)O)(CC2)CC3)c1C(F)(F)F. The number of carboxylic acids is 1. The smallest absolute Gasteiger partial charge is 0.432 e. The lowest BCUT2D eigenvalue weighted by atomic mass is 9.57. The first-order chi connectivity index (χ1) is 18.0. The van der Waals surface area contributed by atoms with Gasteiger partial charge >= 0.3 is 12.1 Å². The highest BCUT2D eigenvalue weighted by Crippen LogP contribution is 2.57. The molecule has 3 aliphatic rings. The highest BCUT2D eigenvalue weighted by molar-refractivity contribution is 6.40. The van der Waals surface area contributed by atoms with Gasteiger partial charge in [0.25, 0.3) is 5.91 Å². The number of halogens is 5. The van der Waals surface area contributed by atoms with Crippen molar-refractivity contribution in [3.63, 3.8) is 0 Å². The molecule has 212 valence electrons. The number of hydrogen-bond acceptors (Lipinski definition) is 3. The van der Waals surface area contributed by atoms with Gasteiger partial charge in [0.15, 0.2) is 5.78 Å². The third-order valence-corrected chi connectivity index (χ3v) is 8.72.